The minimum absolute atomic E-state index is 0.0666. The van der Waals surface area contributed by atoms with E-state index in [4.69, 9.17) is 4.74 Å². The lowest BCUT2D eigenvalue weighted by Gasteiger charge is -2.14. The van der Waals surface area contributed by atoms with E-state index in [1.165, 1.54) is 11.6 Å². The molecule has 1 unspecified atom stereocenters. The zero-order valence-electron chi connectivity index (χ0n) is 16.4. The Bertz CT molecular complexity index is 765. The van der Waals surface area contributed by atoms with Crippen LogP contribution in [0.2, 0.25) is 0 Å². The van der Waals surface area contributed by atoms with Crippen molar-refractivity contribution in [1.82, 2.24) is 10.6 Å². The predicted octanol–water partition coefficient (Wildman–Crippen LogP) is 3.82. The Morgan fingerprint density at radius 3 is 2.68 bits per heavy atom. The van der Waals surface area contributed by atoms with Crippen molar-refractivity contribution in [1.29, 1.82) is 0 Å². The van der Waals surface area contributed by atoms with Gasteiger partial charge in [-0.1, -0.05) is 42.5 Å². The van der Waals surface area contributed by atoms with Gasteiger partial charge < -0.3 is 15.4 Å². The molecule has 1 atom stereocenters. The van der Waals surface area contributed by atoms with E-state index in [0.29, 0.717) is 19.1 Å². The van der Waals surface area contributed by atoms with E-state index >= 15 is 0 Å². The van der Waals surface area contributed by atoms with E-state index in [1.54, 1.807) is 12.1 Å². The van der Waals surface area contributed by atoms with E-state index < -0.39 is 4.92 Å². The molecule has 7 heteroatoms. The van der Waals surface area contributed by atoms with Crippen molar-refractivity contribution in [2.24, 2.45) is 4.99 Å². The van der Waals surface area contributed by atoms with Crippen molar-refractivity contribution >= 4 is 11.6 Å². The number of nitrogens with zero attached hydrogens (tertiary/aromatic N) is 2. The van der Waals surface area contributed by atoms with Crippen LogP contribution in [0, 0.1) is 10.1 Å². The van der Waals surface area contributed by atoms with Crippen molar-refractivity contribution in [2.45, 2.75) is 32.9 Å². The molecule has 0 spiro atoms. The van der Waals surface area contributed by atoms with Crippen LogP contribution >= 0.6 is 0 Å². The summed E-state index contributed by atoms with van der Waals surface area (Å²) in [7, 11) is 0. The first kappa shape index (κ1) is 21.4. The van der Waals surface area contributed by atoms with Crippen LogP contribution in [0.3, 0.4) is 0 Å². The summed E-state index contributed by atoms with van der Waals surface area (Å²) >= 11 is 0. The Balaban J connectivity index is 1.76. The molecule has 0 radical (unpaired) electrons. The maximum atomic E-state index is 10.9. The van der Waals surface area contributed by atoms with E-state index in [-0.39, 0.29) is 11.8 Å². The van der Waals surface area contributed by atoms with Gasteiger partial charge in [0, 0.05) is 31.8 Å². The molecule has 2 aromatic carbocycles. The number of nitrogens with one attached hydrogen (secondary N) is 2. The van der Waals surface area contributed by atoms with Crippen molar-refractivity contribution in [3.05, 3.63) is 75.8 Å². The van der Waals surface area contributed by atoms with Gasteiger partial charge in [-0.3, -0.25) is 10.1 Å². The molecule has 0 heterocycles. The van der Waals surface area contributed by atoms with Gasteiger partial charge in [-0.15, -0.1) is 0 Å². The Kier molecular flexibility index (Phi) is 8.94. The summed E-state index contributed by atoms with van der Waals surface area (Å²) in [6, 6.07) is 16.7. The molecular weight excluding hydrogens is 356 g/mol. The van der Waals surface area contributed by atoms with E-state index in [2.05, 4.69) is 27.8 Å². The second kappa shape index (κ2) is 11.7. The molecule has 2 rings (SSSR count). The smallest absolute Gasteiger partial charge is 0.269 e. The molecule has 0 aromatic heterocycles. The molecule has 2 N–H and O–H groups in total. The monoisotopic (exact) mass is 384 g/mol. The van der Waals surface area contributed by atoms with Gasteiger partial charge >= 0.3 is 0 Å². The average molecular weight is 384 g/mol. The molecule has 0 fully saturated rings. The highest BCUT2D eigenvalue weighted by Crippen LogP contribution is 2.16. The molecule has 0 saturated carbocycles. The highest BCUT2D eigenvalue weighted by atomic mass is 16.6. The van der Waals surface area contributed by atoms with E-state index in [1.807, 2.05) is 38.1 Å². The van der Waals surface area contributed by atoms with Crippen molar-refractivity contribution in [2.75, 3.05) is 19.7 Å². The molecular formula is C21H28N4O3. The minimum atomic E-state index is -0.396. The number of rotatable bonds is 10. The number of aliphatic imine (C=N–C) groups is 1. The summed E-state index contributed by atoms with van der Waals surface area (Å²) in [5.41, 5.74) is 2.05. The molecule has 0 saturated heterocycles. The summed E-state index contributed by atoms with van der Waals surface area (Å²) in [6.07, 6.45) is 0.912. The van der Waals surface area contributed by atoms with Gasteiger partial charge in [-0.25, -0.2) is 4.99 Å². The molecule has 0 bridgehead atoms. The topological polar surface area (TPSA) is 88.8 Å². The zero-order chi connectivity index (χ0) is 20.2. The lowest BCUT2D eigenvalue weighted by atomic mass is 10.1. The van der Waals surface area contributed by atoms with Gasteiger partial charge in [-0.05, 0) is 31.4 Å². The number of hydrogen-bond acceptors (Lipinski definition) is 4. The lowest BCUT2D eigenvalue weighted by molar-refractivity contribution is -0.384. The summed E-state index contributed by atoms with van der Waals surface area (Å²) in [6.45, 7) is 6.53. The lowest BCUT2D eigenvalue weighted by Crippen LogP contribution is -2.38. The fourth-order valence-electron chi connectivity index (χ4n) is 2.64. The number of nitro benzene ring substituents is 1. The van der Waals surface area contributed by atoms with Crippen LogP contribution in [0.15, 0.2) is 59.6 Å². The van der Waals surface area contributed by atoms with Crippen LogP contribution in [-0.2, 0) is 11.3 Å². The van der Waals surface area contributed by atoms with Crippen LogP contribution in [0.5, 0.6) is 0 Å². The van der Waals surface area contributed by atoms with E-state index in [0.717, 1.165) is 25.1 Å². The molecule has 28 heavy (non-hydrogen) atoms. The first-order valence-electron chi connectivity index (χ1n) is 9.52. The number of benzene rings is 2. The van der Waals surface area contributed by atoms with Gasteiger partial charge in [0.15, 0.2) is 5.96 Å². The highest BCUT2D eigenvalue weighted by Gasteiger charge is 2.06. The van der Waals surface area contributed by atoms with Gasteiger partial charge in [-0.2, -0.15) is 0 Å². The molecule has 0 amide bonds. The molecule has 2 aromatic rings. The van der Waals surface area contributed by atoms with Crippen molar-refractivity contribution in [3.8, 4) is 0 Å². The molecule has 7 nitrogen and oxygen atoms in total. The van der Waals surface area contributed by atoms with Crippen molar-refractivity contribution < 1.29 is 9.66 Å². The van der Waals surface area contributed by atoms with Crippen molar-refractivity contribution in [3.63, 3.8) is 0 Å². The van der Waals surface area contributed by atoms with Gasteiger partial charge in [0.2, 0.25) is 0 Å². The fraction of sp³-hybridized carbons (Fsp3) is 0.381. The number of guanidine groups is 1. The second-order valence-corrected chi connectivity index (χ2v) is 6.33. The van der Waals surface area contributed by atoms with Crippen LogP contribution in [0.4, 0.5) is 5.69 Å². The first-order valence-corrected chi connectivity index (χ1v) is 9.52. The largest absolute Gasteiger partial charge is 0.374 e. The standard InChI is InChI=1S/C21H28N4O3/c1-3-22-21(24-16-18-9-7-12-20(15-18)25(26)27)23-13-8-14-28-17(2)19-10-5-4-6-11-19/h4-7,9-12,15,17H,3,8,13-14,16H2,1-2H3,(H2,22,23,24). The molecule has 0 aliphatic carbocycles. The third-order valence-corrected chi connectivity index (χ3v) is 4.14. The Labute approximate surface area is 166 Å². The third-order valence-electron chi connectivity index (χ3n) is 4.14. The summed E-state index contributed by atoms with van der Waals surface area (Å²) in [5, 5.41) is 17.3. The van der Waals surface area contributed by atoms with Crippen LogP contribution in [0.25, 0.3) is 0 Å². The first-order chi connectivity index (χ1) is 13.6. The Hall–Kier alpha value is -2.93. The maximum absolute atomic E-state index is 10.9. The second-order valence-electron chi connectivity index (χ2n) is 6.33. The summed E-state index contributed by atoms with van der Waals surface area (Å²) in [4.78, 5) is 15.0. The fourth-order valence-corrected chi connectivity index (χ4v) is 2.64. The maximum Gasteiger partial charge on any atom is 0.269 e. The molecule has 150 valence electrons. The zero-order valence-corrected chi connectivity index (χ0v) is 16.4. The summed E-state index contributed by atoms with van der Waals surface area (Å²) in [5.74, 6) is 0.685. The van der Waals surface area contributed by atoms with Gasteiger partial charge in [0.05, 0.1) is 17.6 Å². The van der Waals surface area contributed by atoms with Crippen LogP contribution in [0.1, 0.15) is 37.5 Å². The van der Waals surface area contributed by atoms with Crippen LogP contribution in [-0.4, -0.2) is 30.6 Å². The van der Waals surface area contributed by atoms with Gasteiger partial charge in [0.1, 0.15) is 0 Å². The third kappa shape index (κ3) is 7.36. The van der Waals surface area contributed by atoms with E-state index in [9.17, 15) is 10.1 Å². The quantitative estimate of drug-likeness (QED) is 0.214. The summed E-state index contributed by atoms with van der Waals surface area (Å²) < 4.78 is 5.87. The number of nitro groups is 1. The molecule has 0 aliphatic rings. The van der Waals surface area contributed by atoms with Crippen LogP contribution < -0.4 is 10.6 Å². The number of hydrogen-bond donors (Lipinski definition) is 2. The highest BCUT2D eigenvalue weighted by molar-refractivity contribution is 5.79. The normalized spacial score (nSPS) is 12.4. The Morgan fingerprint density at radius 2 is 1.96 bits per heavy atom. The molecule has 0 aliphatic heterocycles. The SMILES string of the molecule is CCNC(=NCc1cccc([N+](=O)[O-])c1)NCCCOC(C)c1ccccc1. The Morgan fingerprint density at radius 1 is 1.18 bits per heavy atom. The number of non-ortho nitro benzene ring substituents is 1. The number of ether oxygens (including phenoxy) is 1. The minimum Gasteiger partial charge on any atom is -0.374 e. The van der Waals surface area contributed by atoms with Gasteiger partial charge in [0.25, 0.3) is 5.69 Å². The average Bonchev–Trinajstić information content (AvgIpc) is 2.72. The predicted molar refractivity (Wildman–Crippen MR) is 111 cm³/mol.